The number of unbranched alkanes of at least 4 members (excludes halogenated alkanes) is 43. The third-order valence-electron chi connectivity index (χ3n) is 16.2. The van der Waals surface area contributed by atoms with Gasteiger partial charge in [0.15, 0.2) is 0 Å². The summed E-state index contributed by atoms with van der Waals surface area (Å²) in [7, 11) is 0. The SMILES string of the molecule is CC/C=C\C/C=C\C/C=C\C/C=C\C/C=C\C/C=C\C/C=C\CCCCCCCCCCCCCCCCCC(=O)NC(CO)C(O)/C=C/CC/C=C/CCCCCCCCCCCCCCCCCCCCCCCCCCCCC. The molecule has 82 heavy (non-hydrogen) atoms. The third kappa shape index (κ3) is 67.8. The summed E-state index contributed by atoms with van der Waals surface area (Å²) in [5.41, 5.74) is 0. The van der Waals surface area contributed by atoms with Gasteiger partial charge in [0.05, 0.1) is 18.8 Å². The number of rotatable bonds is 66. The Hall–Kier alpha value is -2.95. The first kappa shape index (κ1) is 79.0. The molecule has 0 aromatic rings. The molecule has 0 aromatic heterocycles. The van der Waals surface area contributed by atoms with Crippen molar-refractivity contribution in [3.8, 4) is 0 Å². The summed E-state index contributed by atoms with van der Waals surface area (Å²) in [4.78, 5) is 12.5. The quantitative estimate of drug-likeness (QED) is 0.0420. The van der Waals surface area contributed by atoms with E-state index in [9.17, 15) is 15.0 Å². The van der Waals surface area contributed by atoms with Gasteiger partial charge in [-0.2, -0.15) is 0 Å². The Balaban J connectivity index is 3.51. The van der Waals surface area contributed by atoms with E-state index in [0.29, 0.717) is 6.42 Å². The van der Waals surface area contributed by atoms with E-state index in [4.69, 9.17) is 0 Å². The van der Waals surface area contributed by atoms with E-state index >= 15 is 0 Å². The van der Waals surface area contributed by atoms with Gasteiger partial charge in [-0.3, -0.25) is 4.79 Å². The van der Waals surface area contributed by atoms with Crippen LogP contribution in [0.25, 0.3) is 0 Å². The van der Waals surface area contributed by atoms with Crippen molar-refractivity contribution in [3.63, 3.8) is 0 Å². The highest BCUT2D eigenvalue weighted by atomic mass is 16.3. The Kier molecular flexibility index (Phi) is 69.7. The number of nitrogens with one attached hydrogen (secondary N) is 1. The fourth-order valence-corrected chi connectivity index (χ4v) is 10.8. The summed E-state index contributed by atoms with van der Waals surface area (Å²) in [6.45, 7) is 4.21. The Morgan fingerprint density at radius 2 is 0.549 bits per heavy atom. The van der Waals surface area contributed by atoms with E-state index < -0.39 is 12.1 Å². The summed E-state index contributed by atoms with van der Waals surface area (Å²) in [5.74, 6) is -0.0730. The Bertz CT molecular complexity index is 1530. The average Bonchev–Trinajstić information content (AvgIpc) is 3.50. The number of carbonyl (C=O) groups excluding carboxylic acids is 1. The van der Waals surface area contributed by atoms with Gasteiger partial charge in [-0.25, -0.2) is 0 Å². The van der Waals surface area contributed by atoms with Crippen molar-refractivity contribution in [2.45, 2.75) is 373 Å². The van der Waals surface area contributed by atoms with Crippen LogP contribution in [0.4, 0.5) is 0 Å². The predicted molar refractivity (Wildman–Crippen MR) is 368 cm³/mol. The minimum atomic E-state index is -0.870. The molecule has 0 heterocycles. The first-order valence-electron chi connectivity index (χ1n) is 36.1. The van der Waals surface area contributed by atoms with Gasteiger partial charge in [0.2, 0.25) is 5.91 Å². The maximum Gasteiger partial charge on any atom is 0.220 e. The summed E-state index contributed by atoms with van der Waals surface area (Å²) in [6.07, 6.45) is 109. The van der Waals surface area contributed by atoms with Gasteiger partial charge in [-0.1, -0.05) is 374 Å². The lowest BCUT2D eigenvalue weighted by Gasteiger charge is -2.19. The molecule has 4 nitrogen and oxygen atoms in total. The summed E-state index contributed by atoms with van der Waals surface area (Å²) >= 11 is 0. The van der Waals surface area contributed by atoms with Crippen molar-refractivity contribution < 1.29 is 15.0 Å². The standard InChI is InChI=1S/C78H139NO3/c1-3-5-7-9-11-13-15-17-19-21-23-25-27-29-31-33-35-37-38-39-40-42-44-46-48-50-52-54-56-58-60-62-64-66-68-70-72-74-78(82)79-76(75-80)77(81)73-71-69-67-65-63-61-59-57-55-53-51-49-47-45-43-41-36-34-32-30-28-26-24-22-20-18-16-14-12-10-8-6-4-2/h5,7,11,13,17,19,23,25,29,31,35,37,39-40,63,65,71,73,76-77,80-81H,3-4,6,8-10,12,14-16,18,20-22,24,26-28,30,32-34,36,38,41-62,64,66-70,72,74-75H2,1-2H3,(H,79,82)/b7-5-,13-11-,19-17-,25-23-,31-29-,37-35-,40-39-,65-63+,73-71+. The molecular weight excluding hydrogens is 999 g/mol. The van der Waals surface area contributed by atoms with Crippen molar-refractivity contribution in [1.29, 1.82) is 0 Å². The van der Waals surface area contributed by atoms with Crippen LogP contribution in [0.15, 0.2) is 109 Å². The molecule has 0 bridgehead atoms. The molecule has 2 unspecified atom stereocenters. The van der Waals surface area contributed by atoms with Crippen LogP contribution in [0.3, 0.4) is 0 Å². The van der Waals surface area contributed by atoms with Crippen molar-refractivity contribution in [2.24, 2.45) is 0 Å². The molecule has 0 fully saturated rings. The highest BCUT2D eigenvalue weighted by Crippen LogP contribution is 2.18. The third-order valence-corrected chi connectivity index (χ3v) is 16.2. The smallest absolute Gasteiger partial charge is 0.220 e. The highest BCUT2D eigenvalue weighted by Gasteiger charge is 2.18. The molecular formula is C78H139NO3. The van der Waals surface area contributed by atoms with Crippen molar-refractivity contribution >= 4 is 5.91 Å². The number of amides is 1. The van der Waals surface area contributed by atoms with Crippen LogP contribution in [0.2, 0.25) is 0 Å². The van der Waals surface area contributed by atoms with Crippen molar-refractivity contribution in [1.82, 2.24) is 5.32 Å². The zero-order chi connectivity index (χ0) is 59.1. The maximum absolute atomic E-state index is 12.5. The molecule has 0 aromatic carbocycles. The van der Waals surface area contributed by atoms with Crippen molar-refractivity contribution in [3.05, 3.63) is 109 Å². The van der Waals surface area contributed by atoms with Crippen LogP contribution >= 0.6 is 0 Å². The predicted octanol–water partition coefficient (Wildman–Crippen LogP) is 24.9. The molecule has 474 valence electrons. The molecule has 0 aliphatic heterocycles. The second kappa shape index (κ2) is 72.3. The number of allylic oxidation sites excluding steroid dienone is 17. The van der Waals surface area contributed by atoms with Gasteiger partial charge >= 0.3 is 0 Å². The second-order valence-electron chi connectivity index (χ2n) is 24.3. The minimum absolute atomic E-state index is 0.0730. The molecule has 0 aliphatic carbocycles. The summed E-state index contributed by atoms with van der Waals surface area (Å²) in [5, 5.41) is 23.3. The number of aliphatic hydroxyl groups is 2. The molecule has 0 saturated carbocycles. The first-order chi connectivity index (χ1) is 40.7. The van der Waals surface area contributed by atoms with E-state index in [-0.39, 0.29) is 12.5 Å². The molecule has 4 heteroatoms. The lowest BCUT2D eigenvalue weighted by atomic mass is 10.0. The van der Waals surface area contributed by atoms with Crippen LogP contribution in [-0.4, -0.2) is 34.9 Å². The van der Waals surface area contributed by atoms with Crippen LogP contribution in [0.1, 0.15) is 361 Å². The van der Waals surface area contributed by atoms with Crippen LogP contribution < -0.4 is 5.32 Å². The fraction of sp³-hybridized carbons (Fsp3) is 0.756. The zero-order valence-electron chi connectivity index (χ0n) is 54.7. The zero-order valence-corrected chi connectivity index (χ0v) is 54.7. The van der Waals surface area contributed by atoms with Gasteiger partial charge in [0.1, 0.15) is 0 Å². The molecule has 0 spiro atoms. The summed E-state index contributed by atoms with van der Waals surface area (Å²) in [6, 6.07) is -0.647. The first-order valence-corrected chi connectivity index (χ1v) is 36.1. The number of hydrogen-bond acceptors (Lipinski definition) is 3. The van der Waals surface area contributed by atoms with Gasteiger partial charge in [0, 0.05) is 6.42 Å². The Morgan fingerprint density at radius 1 is 0.305 bits per heavy atom. The Morgan fingerprint density at radius 3 is 0.854 bits per heavy atom. The molecule has 1 amide bonds. The van der Waals surface area contributed by atoms with Gasteiger partial charge in [0.25, 0.3) is 0 Å². The van der Waals surface area contributed by atoms with Crippen LogP contribution in [-0.2, 0) is 4.79 Å². The molecule has 0 saturated heterocycles. The van der Waals surface area contributed by atoms with Gasteiger partial charge < -0.3 is 15.5 Å². The highest BCUT2D eigenvalue weighted by molar-refractivity contribution is 5.76. The topological polar surface area (TPSA) is 69.6 Å². The number of carbonyl (C=O) groups is 1. The maximum atomic E-state index is 12.5. The molecule has 0 aliphatic rings. The van der Waals surface area contributed by atoms with Gasteiger partial charge in [-0.05, 0) is 89.9 Å². The number of hydrogen-bond donors (Lipinski definition) is 3. The summed E-state index contributed by atoms with van der Waals surface area (Å²) < 4.78 is 0. The van der Waals surface area contributed by atoms with Crippen molar-refractivity contribution in [2.75, 3.05) is 6.61 Å². The fourth-order valence-electron chi connectivity index (χ4n) is 10.8. The average molecular weight is 1140 g/mol. The van der Waals surface area contributed by atoms with Gasteiger partial charge in [-0.15, -0.1) is 0 Å². The second-order valence-corrected chi connectivity index (χ2v) is 24.3. The van der Waals surface area contributed by atoms with Crippen LogP contribution in [0.5, 0.6) is 0 Å². The normalized spacial score (nSPS) is 13.4. The van der Waals surface area contributed by atoms with E-state index in [1.54, 1.807) is 6.08 Å². The van der Waals surface area contributed by atoms with E-state index in [2.05, 4.69) is 116 Å². The molecule has 3 N–H and O–H groups in total. The van der Waals surface area contributed by atoms with E-state index in [0.717, 1.165) is 77.0 Å². The minimum Gasteiger partial charge on any atom is -0.394 e. The molecule has 0 rings (SSSR count). The van der Waals surface area contributed by atoms with Crippen LogP contribution in [0, 0.1) is 0 Å². The Labute approximate surface area is 512 Å². The molecule has 2 atom stereocenters. The molecule has 0 radical (unpaired) electrons. The lowest BCUT2D eigenvalue weighted by Crippen LogP contribution is -2.45. The van der Waals surface area contributed by atoms with E-state index in [1.165, 1.54) is 263 Å². The lowest BCUT2D eigenvalue weighted by molar-refractivity contribution is -0.123. The number of aliphatic hydroxyl groups excluding tert-OH is 2. The monoisotopic (exact) mass is 1140 g/mol. The van der Waals surface area contributed by atoms with E-state index in [1.807, 2.05) is 6.08 Å². The largest absolute Gasteiger partial charge is 0.394 e.